The van der Waals surface area contributed by atoms with Gasteiger partial charge in [-0.25, -0.2) is 4.79 Å². The summed E-state index contributed by atoms with van der Waals surface area (Å²) in [5, 5.41) is 9.18. The van der Waals surface area contributed by atoms with Crippen LogP contribution in [0.5, 0.6) is 0 Å². The number of fused-ring (bicyclic) bond motifs is 1. The third-order valence-corrected chi connectivity index (χ3v) is 5.45. The quantitative estimate of drug-likeness (QED) is 0.708. The molecule has 9 heteroatoms. The largest absolute Gasteiger partial charge is 0.477 e. The zero-order valence-corrected chi connectivity index (χ0v) is 15.0. The Labute approximate surface area is 151 Å². The van der Waals surface area contributed by atoms with E-state index >= 15 is 0 Å². The van der Waals surface area contributed by atoms with Gasteiger partial charge in [0, 0.05) is 12.3 Å². The predicted molar refractivity (Wildman–Crippen MR) is 95.0 cm³/mol. The molecular weight excluding hydrogens is 361 g/mol. The molecule has 2 saturated heterocycles. The van der Waals surface area contributed by atoms with Crippen molar-refractivity contribution in [1.29, 1.82) is 0 Å². The van der Waals surface area contributed by atoms with Gasteiger partial charge in [0.05, 0.1) is 0 Å². The Morgan fingerprint density at radius 1 is 1.35 bits per heavy atom. The fourth-order valence-electron chi connectivity index (χ4n) is 2.98. The summed E-state index contributed by atoms with van der Waals surface area (Å²) < 4.78 is 0. The van der Waals surface area contributed by atoms with Crippen LogP contribution in [0.25, 0.3) is 0 Å². The molecule has 130 valence electrons. The summed E-state index contributed by atoms with van der Waals surface area (Å²) in [4.78, 5) is 26.9. The fraction of sp³-hybridized carbons (Fsp3) is 0.571. The average molecular weight is 382 g/mol. The smallest absolute Gasteiger partial charge is 0.352 e. The molecule has 1 amide bonds. The van der Waals surface area contributed by atoms with Crippen molar-refractivity contribution in [2.24, 2.45) is 5.73 Å². The Balaban J connectivity index is 0.00000132. The van der Waals surface area contributed by atoms with Gasteiger partial charge in [0.15, 0.2) is 0 Å². The maximum absolute atomic E-state index is 11.8. The second-order valence-electron chi connectivity index (χ2n) is 5.52. The van der Waals surface area contributed by atoms with E-state index in [1.807, 2.05) is 12.2 Å². The Bertz CT molecular complexity index is 535. The molecule has 2 fully saturated rings. The van der Waals surface area contributed by atoms with Crippen molar-refractivity contribution in [1.82, 2.24) is 9.80 Å². The van der Waals surface area contributed by atoms with Crippen molar-refractivity contribution >= 4 is 48.5 Å². The van der Waals surface area contributed by atoms with Gasteiger partial charge in [-0.15, -0.1) is 36.6 Å². The summed E-state index contributed by atoms with van der Waals surface area (Å²) in [6, 6.07) is -0.570. The molecule has 3 aliphatic heterocycles. The predicted octanol–water partition coefficient (Wildman–Crippen LogP) is 1.06. The maximum Gasteiger partial charge on any atom is 0.352 e. The molecule has 0 aromatic rings. The van der Waals surface area contributed by atoms with Crippen LogP contribution in [0, 0.1) is 0 Å². The molecule has 3 heterocycles. The minimum absolute atomic E-state index is 0. The second kappa shape index (κ2) is 8.39. The summed E-state index contributed by atoms with van der Waals surface area (Å²) in [6.45, 7) is 3.04. The molecule has 0 spiro atoms. The molecular formula is C14H21Cl2N3O3S. The van der Waals surface area contributed by atoms with E-state index in [2.05, 4.69) is 4.90 Å². The van der Waals surface area contributed by atoms with Gasteiger partial charge in [0.2, 0.25) is 5.91 Å². The Morgan fingerprint density at radius 2 is 2.00 bits per heavy atom. The van der Waals surface area contributed by atoms with Crippen LogP contribution < -0.4 is 5.73 Å². The van der Waals surface area contributed by atoms with E-state index < -0.39 is 12.0 Å². The van der Waals surface area contributed by atoms with E-state index in [1.54, 1.807) is 0 Å². The van der Waals surface area contributed by atoms with Gasteiger partial charge in [-0.2, -0.15) is 0 Å². The number of halogens is 2. The number of likely N-dealkylation sites (tertiary alicyclic amines) is 1. The summed E-state index contributed by atoms with van der Waals surface area (Å²) >= 11 is 1.53. The number of hydrogen-bond donors (Lipinski definition) is 2. The van der Waals surface area contributed by atoms with E-state index in [0.29, 0.717) is 11.3 Å². The number of carbonyl (C=O) groups is 2. The van der Waals surface area contributed by atoms with Crippen molar-refractivity contribution in [2.75, 3.05) is 25.4 Å². The molecule has 0 aromatic carbocycles. The maximum atomic E-state index is 11.8. The number of nitrogens with zero attached hydrogens (tertiary/aromatic N) is 2. The number of carboxylic acids is 1. The average Bonchev–Trinajstić information content (AvgIpc) is 2.98. The summed E-state index contributed by atoms with van der Waals surface area (Å²) in [7, 11) is 0. The highest BCUT2D eigenvalue weighted by atomic mass is 35.5. The Morgan fingerprint density at radius 3 is 2.61 bits per heavy atom. The Kier molecular flexibility index (Phi) is 7.41. The van der Waals surface area contributed by atoms with E-state index in [4.69, 9.17) is 5.73 Å². The van der Waals surface area contributed by atoms with Crippen LogP contribution in [0.2, 0.25) is 0 Å². The zero-order valence-electron chi connectivity index (χ0n) is 12.5. The molecule has 0 bridgehead atoms. The molecule has 0 aromatic heterocycles. The minimum atomic E-state index is -1.05. The van der Waals surface area contributed by atoms with Crippen molar-refractivity contribution in [3.05, 3.63) is 23.4 Å². The fourth-order valence-corrected chi connectivity index (χ4v) is 4.24. The monoisotopic (exact) mass is 381 g/mol. The molecule has 0 radical (unpaired) electrons. The lowest BCUT2D eigenvalue weighted by Crippen LogP contribution is -2.68. The lowest BCUT2D eigenvalue weighted by atomic mass is 10.0. The van der Waals surface area contributed by atoms with Crippen LogP contribution in [0.4, 0.5) is 0 Å². The van der Waals surface area contributed by atoms with Crippen LogP contribution >= 0.6 is 36.6 Å². The lowest BCUT2D eigenvalue weighted by molar-refractivity contribution is -0.147. The number of nitrogens with two attached hydrogens (primary N) is 1. The Hall–Kier alpha value is -0.730. The first-order valence-corrected chi connectivity index (χ1v) is 8.20. The van der Waals surface area contributed by atoms with Gasteiger partial charge in [-0.3, -0.25) is 14.6 Å². The molecule has 2 atom stereocenters. The number of β-lactam (4-membered cyclic amide) rings is 1. The van der Waals surface area contributed by atoms with Gasteiger partial charge in [-0.05, 0) is 31.5 Å². The van der Waals surface area contributed by atoms with E-state index in [0.717, 1.165) is 19.6 Å². The number of amides is 1. The number of thioether (sulfide) groups is 1. The molecule has 0 aliphatic carbocycles. The third-order valence-electron chi connectivity index (χ3n) is 4.12. The van der Waals surface area contributed by atoms with Crippen molar-refractivity contribution < 1.29 is 14.7 Å². The SMILES string of the molecule is Cl.Cl.N[C@@H]1C(=O)N2C(C(=O)O)=C(/C=C/CN3CCCC3)CS[C@H]12. The van der Waals surface area contributed by atoms with Gasteiger partial charge >= 0.3 is 5.97 Å². The minimum Gasteiger partial charge on any atom is -0.477 e. The third kappa shape index (κ3) is 3.85. The van der Waals surface area contributed by atoms with Crippen molar-refractivity contribution in [3.63, 3.8) is 0 Å². The van der Waals surface area contributed by atoms with Gasteiger partial charge in [-0.1, -0.05) is 12.2 Å². The number of rotatable bonds is 4. The first-order chi connectivity index (χ1) is 10.1. The first-order valence-electron chi connectivity index (χ1n) is 7.15. The van der Waals surface area contributed by atoms with Crippen LogP contribution in [0.3, 0.4) is 0 Å². The summed E-state index contributed by atoms with van der Waals surface area (Å²) in [5.74, 6) is -0.767. The number of carbonyl (C=O) groups excluding carboxylic acids is 1. The molecule has 3 aliphatic rings. The highest BCUT2D eigenvalue weighted by Crippen LogP contribution is 2.39. The van der Waals surface area contributed by atoms with E-state index in [1.165, 1.54) is 29.5 Å². The second-order valence-corrected chi connectivity index (χ2v) is 6.63. The van der Waals surface area contributed by atoms with Gasteiger partial charge in [0.1, 0.15) is 17.1 Å². The lowest BCUT2D eigenvalue weighted by Gasteiger charge is -2.47. The first kappa shape index (κ1) is 20.3. The summed E-state index contributed by atoms with van der Waals surface area (Å²) in [5.41, 5.74) is 6.51. The van der Waals surface area contributed by atoms with Crippen molar-refractivity contribution in [2.45, 2.75) is 24.3 Å². The standard InChI is InChI=1S/C14H19N3O3S.2ClH/c15-10-12(18)17-11(14(19)20)9(8-21-13(10)17)4-3-7-16-5-1-2-6-16;;/h3-4,10,13H,1-2,5-8,15H2,(H,19,20);2*1H/b4-3+;;/t10-,13-;;/m1../s1. The molecule has 3 rings (SSSR count). The highest BCUT2D eigenvalue weighted by Gasteiger charge is 2.51. The van der Waals surface area contributed by atoms with Crippen LogP contribution in [-0.2, 0) is 9.59 Å². The van der Waals surface area contributed by atoms with Crippen LogP contribution in [-0.4, -0.2) is 63.6 Å². The van der Waals surface area contributed by atoms with Crippen LogP contribution in [0.1, 0.15) is 12.8 Å². The van der Waals surface area contributed by atoms with Crippen molar-refractivity contribution in [3.8, 4) is 0 Å². The van der Waals surface area contributed by atoms with E-state index in [-0.39, 0.29) is 41.8 Å². The zero-order chi connectivity index (χ0) is 15.0. The number of aliphatic carboxylic acids is 1. The molecule has 0 saturated carbocycles. The number of hydrogen-bond acceptors (Lipinski definition) is 5. The molecule has 6 nitrogen and oxygen atoms in total. The highest BCUT2D eigenvalue weighted by molar-refractivity contribution is 8.00. The topological polar surface area (TPSA) is 86.9 Å². The summed E-state index contributed by atoms with van der Waals surface area (Å²) in [6.07, 6.45) is 6.31. The van der Waals surface area contributed by atoms with E-state index in [9.17, 15) is 14.7 Å². The normalized spacial score (nSPS) is 27.3. The number of allylic oxidation sites excluding steroid dienone is 1. The molecule has 3 N–H and O–H groups in total. The molecule has 23 heavy (non-hydrogen) atoms. The van der Waals surface area contributed by atoms with Gasteiger partial charge in [0.25, 0.3) is 0 Å². The number of carboxylic acid groups (broad SMARTS) is 1. The van der Waals surface area contributed by atoms with Gasteiger partial charge < -0.3 is 10.8 Å². The van der Waals surface area contributed by atoms with Crippen LogP contribution in [0.15, 0.2) is 23.4 Å². The molecule has 0 unspecified atom stereocenters.